The van der Waals surface area contributed by atoms with Crippen LogP contribution in [0, 0.1) is 4.91 Å². The lowest BCUT2D eigenvalue weighted by molar-refractivity contribution is -0.00495. The normalized spacial score (nSPS) is 29.6. The van der Waals surface area contributed by atoms with Crippen molar-refractivity contribution in [3.05, 3.63) is 4.91 Å². The third-order valence-corrected chi connectivity index (χ3v) is 5.50. The van der Waals surface area contributed by atoms with Crippen LogP contribution >= 0.6 is 12.2 Å². The van der Waals surface area contributed by atoms with Crippen molar-refractivity contribution in [1.82, 2.24) is 10.3 Å². The molecule has 100 valence electrons. The van der Waals surface area contributed by atoms with Gasteiger partial charge < -0.3 is 5.32 Å². The molecule has 3 fully saturated rings. The molecule has 2 saturated carbocycles. The zero-order valence-corrected chi connectivity index (χ0v) is 11.6. The van der Waals surface area contributed by atoms with Crippen LogP contribution in [0.3, 0.4) is 0 Å². The highest BCUT2D eigenvalue weighted by molar-refractivity contribution is 7.80. The average Bonchev–Trinajstić information content (AvgIpc) is 2.60. The molecule has 0 bridgehead atoms. The average molecular weight is 267 g/mol. The monoisotopic (exact) mass is 267 g/mol. The van der Waals surface area contributed by atoms with Crippen molar-refractivity contribution in [2.75, 3.05) is 0 Å². The molecule has 0 atom stereocenters. The second-order valence-corrected chi connectivity index (χ2v) is 6.44. The molecule has 0 aromatic carbocycles. The Morgan fingerprint density at radius 1 is 1.00 bits per heavy atom. The summed E-state index contributed by atoms with van der Waals surface area (Å²) in [5, 5.41) is 8.75. The van der Waals surface area contributed by atoms with Gasteiger partial charge in [-0.2, -0.15) is 0 Å². The molecule has 18 heavy (non-hydrogen) atoms. The van der Waals surface area contributed by atoms with E-state index in [1.54, 1.807) is 0 Å². The third-order valence-electron chi connectivity index (χ3n) is 5.02. The first kappa shape index (κ1) is 12.3. The van der Waals surface area contributed by atoms with Gasteiger partial charge >= 0.3 is 0 Å². The van der Waals surface area contributed by atoms with Crippen LogP contribution in [-0.4, -0.2) is 21.2 Å². The Hall–Kier alpha value is -0.710. The van der Waals surface area contributed by atoms with Crippen molar-refractivity contribution in [2.45, 2.75) is 75.4 Å². The van der Waals surface area contributed by atoms with Crippen LogP contribution in [0.1, 0.15) is 64.2 Å². The summed E-state index contributed by atoms with van der Waals surface area (Å²) in [5.41, 5.74) is -0.513. The number of nitrogens with one attached hydrogen (secondary N) is 1. The second kappa shape index (κ2) is 4.44. The van der Waals surface area contributed by atoms with Crippen LogP contribution in [0.15, 0.2) is 5.29 Å². The molecular weight excluding hydrogens is 246 g/mol. The van der Waals surface area contributed by atoms with E-state index in [1.807, 2.05) is 5.01 Å². The van der Waals surface area contributed by atoms with E-state index >= 15 is 0 Å². The van der Waals surface area contributed by atoms with Crippen molar-refractivity contribution in [2.24, 2.45) is 5.29 Å². The summed E-state index contributed by atoms with van der Waals surface area (Å²) in [6, 6.07) is 0. The topological polar surface area (TPSA) is 44.7 Å². The van der Waals surface area contributed by atoms with E-state index in [0.29, 0.717) is 0 Å². The predicted molar refractivity (Wildman–Crippen MR) is 75.0 cm³/mol. The Balaban J connectivity index is 1.95. The predicted octanol–water partition coefficient (Wildman–Crippen LogP) is 3.26. The first-order valence-electron chi connectivity index (χ1n) is 7.20. The molecule has 1 heterocycles. The van der Waals surface area contributed by atoms with Crippen LogP contribution in [0.25, 0.3) is 0 Å². The molecule has 2 aliphatic carbocycles. The Bertz CT molecular complexity index is 359. The maximum absolute atomic E-state index is 11.5. The van der Waals surface area contributed by atoms with Crippen LogP contribution in [0.2, 0.25) is 0 Å². The molecule has 0 amide bonds. The summed E-state index contributed by atoms with van der Waals surface area (Å²) in [7, 11) is 0. The molecule has 0 aromatic rings. The maximum atomic E-state index is 11.5. The van der Waals surface area contributed by atoms with Crippen molar-refractivity contribution in [3.63, 3.8) is 0 Å². The Morgan fingerprint density at radius 3 is 2.11 bits per heavy atom. The second-order valence-electron chi connectivity index (χ2n) is 6.03. The van der Waals surface area contributed by atoms with Gasteiger partial charge in [-0.05, 0) is 38.5 Å². The Morgan fingerprint density at radius 2 is 1.56 bits per heavy atom. The van der Waals surface area contributed by atoms with E-state index in [9.17, 15) is 4.91 Å². The summed E-state index contributed by atoms with van der Waals surface area (Å²) in [6.07, 6.45) is 11.1. The molecule has 0 unspecified atom stereocenters. The van der Waals surface area contributed by atoms with E-state index in [4.69, 9.17) is 12.2 Å². The van der Waals surface area contributed by atoms with Gasteiger partial charge in [0.25, 0.3) is 0 Å². The minimum atomic E-state index is -0.257. The number of nitrogens with zero attached hydrogens (tertiary/aromatic N) is 2. The highest BCUT2D eigenvalue weighted by Gasteiger charge is 2.59. The lowest BCUT2D eigenvalue weighted by Gasteiger charge is -2.44. The van der Waals surface area contributed by atoms with E-state index in [1.165, 1.54) is 12.8 Å². The van der Waals surface area contributed by atoms with Gasteiger partial charge in [-0.1, -0.05) is 37.9 Å². The van der Waals surface area contributed by atoms with Gasteiger partial charge in [0.05, 0.1) is 5.29 Å². The smallest absolute Gasteiger partial charge is 0.131 e. The quantitative estimate of drug-likeness (QED) is 0.585. The van der Waals surface area contributed by atoms with E-state index in [2.05, 4.69) is 10.6 Å². The van der Waals surface area contributed by atoms with Crippen LogP contribution in [-0.2, 0) is 0 Å². The standard InChI is InChI=1S/C13H21N3OS/c17-15-16-12(7-3-1-4-8-12)11(18)14-13(16)9-5-2-6-10-13/h1-10H2,(H,14,18). The van der Waals surface area contributed by atoms with Gasteiger partial charge in [0.15, 0.2) is 0 Å². The number of nitroso groups, excluding NO2 is 1. The highest BCUT2D eigenvalue weighted by Crippen LogP contribution is 2.47. The highest BCUT2D eigenvalue weighted by atomic mass is 32.1. The third kappa shape index (κ3) is 1.59. The van der Waals surface area contributed by atoms with Gasteiger partial charge in [0, 0.05) is 0 Å². The number of hydrogen-bond donors (Lipinski definition) is 1. The summed E-state index contributed by atoms with van der Waals surface area (Å²) < 4.78 is 0. The zero-order chi connectivity index (χ0) is 12.6. The van der Waals surface area contributed by atoms with Crippen LogP contribution in [0.4, 0.5) is 0 Å². The fourth-order valence-corrected chi connectivity index (χ4v) is 4.57. The minimum Gasteiger partial charge on any atom is -0.354 e. The Kier molecular flexibility index (Phi) is 3.04. The SMILES string of the molecule is O=NN1C2(CCCCC2)NC(=S)C12CCCCC2. The maximum Gasteiger partial charge on any atom is 0.131 e. The number of thiocarbonyl (C=S) groups is 1. The molecular formula is C13H21N3OS. The van der Waals surface area contributed by atoms with Crippen LogP contribution < -0.4 is 5.32 Å². The lowest BCUT2D eigenvalue weighted by atomic mass is 9.80. The minimum absolute atomic E-state index is 0.256. The fourth-order valence-electron chi connectivity index (χ4n) is 4.09. The molecule has 1 saturated heterocycles. The van der Waals surface area contributed by atoms with Gasteiger partial charge in [-0.25, -0.2) is 5.01 Å². The molecule has 5 heteroatoms. The lowest BCUT2D eigenvalue weighted by Crippen LogP contribution is -2.55. The summed E-state index contributed by atoms with van der Waals surface area (Å²) in [5.74, 6) is 0. The van der Waals surface area contributed by atoms with E-state index in [-0.39, 0.29) is 11.2 Å². The summed E-state index contributed by atoms with van der Waals surface area (Å²) >= 11 is 5.60. The number of hydrogen-bond acceptors (Lipinski definition) is 3. The Labute approximate surface area is 113 Å². The van der Waals surface area contributed by atoms with E-state index < -0.39 is 0 Å². The van der Waals surface area contributed by atoms with Gasteiger partial charge in [0.1, 0.15) is 16.2 Å². The summed E-state index contributed by atoms with van der Waals surface area (Å²) in [6.45, 7) is 0. The molecule has 2 spiro atoms. The zero-order valence-electron chi connectivity index (χ0n) is 10.8. The molecule has 3 aliphatic rings. The van der Waals surface area contributed by atoms with Gasteiger partial charge in [-0.15, -0.1) is 4.91 Å². The first-order chi connectivity index (χ1) is 8.73. The fraction of sp³-hybridized carbons (Fsp3) is 0.923. The molecule has 0 radical (unpaired) electrons. The molecule has 3 rings (SSSR count). The van der Waals surface area contributed by atoms with Crippen LogP contribution in [0.5, 0.6) is 0 Å². The number of rotatable bonds is 1. The van der Waals surface area contributed by atoms with Crippen molar-refractivity contribution in [3.8, 4) is 0 Å². The molecule has 4 nitrogen and oxygen atoms in total. The molecule has 0 aromatic heterocycles. The van der Waals surface area contributed by atoms with E-state index in [0.717, 1.165) is 56.4 Å². The first-order valence-corrected chi connectivity index (χ1v) is 7.61. The van der Waals surface area contributed by atoms with Crippen molar-refractivity contribution in [1.29, 1.82) is 0 Å². The molecule has 1 aliphatic heterocycles. The van der Waals surface area contributed by atoms with Gasteiger partial charge in [0.2, 0.25) is 0 Å². The van der Waals surface area contributed by atoms with Crippen molar-refractivity contribution < 1.29 is 0 Å². The largest absolute Gasteiger partial charge is 0.354 e. The van der Waals surface area contributed by atoms with Gasteiger partial charge in [-0.3, -0.25) is 0 Å². The van der Waals surface area contributed by atoms with Crippen molar-refractivity contribution >= 4 is 17.2 Å². The molecule has 1 N–H and O–H groups in total. The summed E-state index contributed by atoms with van der Waals surface area (Å²) in [4.78, 5) is 12.4.